The van der Waals surface area contributed by atoms with Crippen LogP contribution in [0.25, 0.3) is 0 Å². The van der Waals surface area contributed by atoms with Crippen LogP contribution in [0.4, 0.5) is 0 Å². The van der Waals surface area contributed by atoms with Gasteiger partial charge in [0.15, 0.2) is 0 Å². The zero-order chi connectivity index (χ0) is 7.40. The monoisotopic (exact) mass is 139 g/mol. The van der Waals surface area contributed by atoms with Gasteiger partial charge in [0.1, 0.15) is 0 Å². The average Bonchev–Trinajstić information content (AvgIpc) is 1.84. The van der Waals surface area contributed by atoms with Crippen LogP contribution in [0.15, 0.2) is 12.2 Å². The van der Waals surface area contributed by atoms with Gasteiger partial charge < -0.3 is 5.73 Å². The number of hydrogen-bond donors (Lipinski definition) is 1. The molecule has 0 aromatic rings. The van der Waals surface area contributed by atoms with Crippen molar-refractivity contribution in [1.29, 1.82) is 0 Å². The van der Waals surface area contributed by atoms with Gasteiger partial charge >= 0.3 is 0 Å². The third-order valence-electron chi connectivity index (χ3n) is 2.14. The molecule has 0 aromatic carbocycles. The molecule has 2 N–H and O–H groups in total. The molecule has 0 saturated heterocycles. The van der Waals surface area contributed by atoms with Crippen molar-refractivity contribution < 1.29 is 0 Å². The fourth-order valence-electron chi connectivity index (χ4n) is 1.40. The zero-order valence-corrected chi connectivity index (χ0v) is 6.72. The van der Waals surface area contributed by atoms with Crippen LogP contribution in [0.2, 0.25) is 0 Å². The molecule has 10 heavy (non-hydrogen) atoms. The van der Waals surface area contributed by atoms with Gasteiger partial charge in [0, 0.05) is 6.04 Å². The van der Waals surface area contributed by atoms with Gasteiger partial charge in [-0.25, -0.2) is 0 Å². The van der Waals surface area contributed by atoms with E-state index in [1.54, 1.807) is 0 Å². The fraction of sp³-hybridized carbons (Fsp3) is 0.778. The van der Waals surface area contributed by atoms with Gasteiger partial charge in [0.05, 0.1) is 0 Å². The maximum atomic E-state index is 5.80. The topological polar surface area (TPSA) is 26.0 Å². The minimum atomic E-state index is 0.420. The van der Waals surface area contributed by atoms with Crippen LogP contribution in [0.3, 0.4) is 0 Å². The molecular weight excluding hydrogens is 122 g/mol. The first-order valence-corrected chi connectivity index (χ1v) is 4.21. The maximum absolute atomic E-state index is 5.80. The van der Waals surface area contributed by atoms with Crippen molar-refractivity contribution in [2.45, 2.75) is 38.6 Å². The Balaban J connectivity index is 2.38. The zero-order valence-electron chi connectivity index (χ0n) is 6.72. The summed E-state index contributed by atoms with van der Waals surface area (Å²) in [6.07, 6.45) is 9.41. The lowest BCUT2D eigenvalue weighted by atomic mass is 9.96. The number of rotatable bonds is 0. The minimum absolute atomic E-state index is 0.420. The van der Waals surface area contributed by atoms with E-state index in [0.29, 0.717) is 6.04 Å². The van der Waals surface area contributed by atoms with E-state index in [9.17, 15) is 0 Å². The highest BCUT2D eigenvalue weighted by Gasteiger charge is 2.05. The molecule has 0 spiro atoms. The van der Waals surface area contributed by atoms with Gasteiger partial charge in [-0.3, -0.25) is 0 Å². The highest BCUT2D eigenvalue weighted by Crippen LogP contribution is 2.15. The quantitative estimate of drug-likeness (QED) is 0.511. The SMILES string of the molecule is CC1C=CCC(N)CCC1. The molecule has 0 aromatic heterocycles. The van der Waals surface area contributed by atoms with E-state index in [-0.39, 0.29) is 0 Å². The summed E-state index contributed by atoms with van der Waals surface area (Å²) in [6, 6.07) is 0.420. The lowest BCUT2D eigenvalue weighted by Gasteiger charge is -2.14. The molecule has 2 unspecified atom stereocenters. The van der Waals surface area contributed by atoms with E-state index in [1.807, 2.05) is 0 Å². The normalized spacial score (nSPS) is 35.0. The van der Waals surface area contributed by atoms with Crippen molar-refractivity contribution in [3.63, 3.8) is 0 Å². The van der Waals surface area contributed by atoms with Gasteiger partial charge in [-0.2, -0.15) is 0 Å². The lowest BCUT2D eigenvalue weighted by Crippen LogP contribution is -2.19. The maximum Gasteiger partial charge on any atom is 0.00734 e. The van der Waals surface area contributed by atoms with E-state index in [0.717, 1.165) is 12.3 Å². The van der Waals surface area contributed by atoms with E-state index in [1.165, 1.54) is 19.3 Å². The van der Waals surface area contributed by atoms with Crippen LogP contribution in [0.1, 0.15) is 32.6 Å². The second-order valence-corrected chi connectivity index (χ2v) is 3.33. The molecule has 1 aliphatic rings. The van der Waals surface area contributed by atoms with Crippen LogP contribution in [0, 0.1) is 5.92 Å². The van der Waals surface area contributed by atoms with Crippen LogP contribution in [-0.4, -0.2) is 6.04 Å². The Hall–Kier alpha value is -0.300. The van der Waals surface area contributed by atoms with Gasteiger partial charge in [0.25, 0.3) is 0 Å². The molecule has 0 heterocycles. The molecule has 1 nitrogen and oxygen atoms in total. The smallest absolute Gasteiger partial charge is 0.00734 e. The second-order valence-electron chi connectivity index (χ2n) is 3.33. The summed E-state index contributed by atoms with van der Waals surface area (Å²) in [5.74, 6) is 0.771. The first-order chi connectivity index (χ1) is 4.79. The molecule has 0 bridgehead atoms. The summed E-state index contributed by atoms with van der Waals surface area (Å²) >= 11 is 0. The highest BCUT2D eigenvalue weighted by atomic mass is 14.6. The molecule has 58 valence electrons. The standard InChI is InChI=1S/C9H17N/c1-8-4-2-6-9(10)7-3-5-8/h2,4,8-9H,3,5-7,10H2,1H3. The number of nitrogens with two attached hydrogens (primary N) is 1. The summed E-state index contributed by atoms with van der Waals surface area (Å²) in [4.78, 5) is 0. The molecule has 0 saturated carbocycles. The molecule has 1 aliphatic carbocycles. The predicted molar refractivity (Wildman–Crippen MR) is 44.7 cm³/mol. The van der Waals surface area contributed by atoms with E-state index in [2.05, 4.69) is 19.1 Å². The molecule has 0 amide bonds. The van der Waals surface area contributed by atoms with Gasteiger partial charge in [-0.1, -0.05) is 25.5 Å². The van der Waals surface area contributed by atoms with Crippen molar-refractivity contribution in [1.82, 2.24) is 0 Å². The molecular formula is C9H17N. The van der Waals surface area contributed by atoms with E-state index in [4.69, 9.17) is 5.73 Å². The van der Waals surface area contributed by atoms with Gasteiger partial charge in [0.2, 0.25) is 0 Å². The van der Waals surface area contributed by atoms with Crippen LogP contribution in [0.5, 0.6) is 0 Å². The molecule has 2 atom stereocenters. The number of allylic oxidation sites excluding steroid dienone is 1. The Morgan fingerprint density at radius 1 is 1.40 bits per heavy atom. The van der Waals surface area contributed by atoms with Gasteiger partial charge in [-0.05, 0) is 25.2 Å². The summed E-state index contributed by atoms with van der Waals surface area (Å²) in [6.45, 7) is 2.27. The molecule has 0 radical (unpaired) electrons. The average molecular weight is 139 g/mol. The molecule has 1 heteroatoms. The first kappa shape index (κ1) is 7.80. The highest BCUT2D eigenvalue weighted by molar-refractivity contribution is 4.91. The van der Waals surface area contributed by atoms with Crippen molar-refractivity contribution in [3.05, 3.63) is 12.2 Å². The summed E-state index contributed by atoms with van der Waals surface area (Å²) < 4.78 is 0. The van der Waals surface area contributed by atoms with Crippen LogP contribution in [-0.2, 0) is 0 Å². The third-order valence-corrected chi connectivity index (χ3v) is 2.14. The Kier molecular flexibility index (Phi) is 2.94. The summed E-state index contributed by atoms with van der Waals surface area (Å²) in [7, 11) is 0. The van der Waals surface area contributed by atoms with Crippen LogP contribution >= 0.6 is 0 Å². The Morgan fingerprint density at radius 3 is 3.00 bits per heavy atom. The third kappa shape index (κ3) is 2.53. The minimum Gasteiger partial charge on any atom is -0.327 e. The lowest BCUT2D eigenvalue weighted by molar-refractivity contribution is 0.508. The first-order valence-electron chi connectivity index (χ1n) is 4.21. The van der Waals surface area contributed by atoms with E-state index < -0.39 is 0 Å². The fourth-order valence-corrected chi connectivity index (χ4v) is 1.40. The Bertz CT molecular complexity index is 118. The van der Waals surface area contributed by atoms with Crippen LogP contribution < -0.4 is 5.73 Å². The van der Waals surface area contributed by atoms with Crippen molar-refractivity contribution in [3.8, 4) is 0 Å². The summed E-state index contributed by atoms with van der Waals surface area (Å²) in [5, 5.41) is 0. The molecule has 0 fully saturated rings. The molecule has 0 aliphatic heterocycles. The van der Waals surface area contributed by atoms with Gasteiger partial charge in [-0.15, -0.1) is 0 Å². The largest absolute Gasteiger partial charge is 0.327 e. The predicted octanol–water partition coefficient (Wildman–Crippen LogP) is 2.08. The molecule has 1 rings (SSSR count). The Morgan fingerprint density at radius 2 is 2.20 bits per heavy atom. The second kappa shape index (κ2) is 3.77. The van der Waals surface area contributed by atoms with Crippen molar-refractivity contribution in [2.75, 3.05) is 0 Å². The van der Waals surface area contributed by atoms with Crippen molar-refractivity contribution in [2.24, 2.45) is 11.7 Å². The number of hydrogen-bond acceptors (Lipinski definition) is 1. The van der Waals surface area contributed by atoms with Crippen molar-refractivity contribution >= 4 is 0 Å². The van der Waals surface area contributed by atoms with E-state index >= 15 is 0 Å². The summed E-state index contributed by atoms with van der Waals surface area (Å²) in [5.41, 5.74) is 5.80. The Labute approximate surface area is 63.3 Å².